The van der Waals surface area contributed by atoms with Gasteiger partial charge in [0.25, 0.3) is 0 Å². The number of likely N-dealkylation sites (N-methyl/N-ethyl adjacent to an activating group) is 1. The highest BCUT2D eigenvalue weighted by Crippen LogP contribution is 2.25. The Balaban J connectivity index is 0.00000264. The highest BCUT2D eigenvalue weighted by molar-refractivity contribution is 5.85. The molecule has 0 unspecified atom stereocenters. The summed E-state index contributed by atoms with van der Waals surface area (Å²) >= 11 is 0. The van der Waals surface area contributed by atoms with Gasteiger partial charge in [-0.05, 0) is 25.6 Å². The number of piperazine rings is 1. The molecule has 1 saturated heterocycles. The van der Waals surface area contributed by atoms with E-state index in [2.05, 4.69) is 28.6 Å². The largest absolute Gasteiger partial charge is 0.490 e. The minimum absolute atomic E-state index is 0. The lowest BCUT2D eigenvalue weighted by Gasteiger charge is -2.32. The van der Waals surface area contributed by atoms with Crippen LogP contribution in [0, 0.1) is 11.8 Å². The molecule has 0 aliphatic carbocycles. The van der Waals surface area contributed by atoms with E-state index < -0.39 is 0 Å². The van der Waals surface area contributed by atoms with Gasteiger partial charge in [-0.2, -0.15) is 0 Å². The summed E-state index contributed by atoms with van der Waals surface area (Å²) < 4.78 is 11.2. The van der Waals surface area contributed by atoms with E-state index in [9.17, 15) is 0 Å². The van der Waals surface area contributed by atoms with Crippen molar-refractivity contribution < 1.29 is 9.47 Å². The van der Waals surface area contributed by atoms with Crippen molar-refractivity contribution in [2.75, 3.05) is 52.5 Å². The van der Waals surface area contributed by atoms with E-state index in [1.54, 1.807) is 0 Å². The normalized spacial score (nSPS) is 15.2. The lowest BCUT2D eigenvalue weighted by molar-refractivity contribution is 0.149. The Labute approximate surface area is 146 Å². The van der Waals surface area contributed by atoms with Crippen LogP contribution in [-0.4, -0.2) is 62.3 Å². The van der Waals surface area contributed by atoms with Gasteiger partial charge in [0, 0.05) is 26.2 Å². The fourth-order valence-electron chi connectivity index (χ4n) is 2.44. The predicted molar refractivity (Wildman–Crippen MR) is 96.7 cm³/mol. The molecular formula is C18H27ClN2O2. The molecule has 1 aromatic rings. The Bertz CT molecular complexity index is 505. The van der Waals surface area contributed by atoms with Gasteiger partial charge in [-0.1, -0.05) is 30.9 Å². The van der Waals surface area contributed by atoms with Crippen molar-refractivity contribution in [3.8, 4) is 23.3 Å². The Hall–Kier alpha value is -1.41. The monoisotopic (exact) mass is 338 g/mol. The molecule has 0 aromatic heterocycles. The highest BCUT2D eigenvalue weighted by Gasteiger charge is 2.13. The second-order valence-corrected chi connectivity index (χ2v) is 5.23. The lowest BCUT2D eigenvalue weighted by atomic mass is 10.3. The maximum Gasteiger partial charge on any atom is 0.162 e. The molecule has 1 aromatic carbocycles. The van der Waals surface area contributed by atoms with Crippen LogP contribution in [0.4, 0.5) is 0 Å². The van der Waals surface area contributed by atoms with E-state index in [1.807, 2.05) is 31.2 Å². The highest BCUT2D eigenvalue weighted by atomic mass is 35.5. The zero-order chi connectivity index (χ0) is 15.6. The summed E-state index contributed by atoms with van der Waals surface area (Å²) in [6, 6.07) is 7.72. The Morgan fingerprint density at radius 3 is 2.13 bits per heavy atom. The van der Waals surface area contributed by atoms with Gasteiger partial charge in [0.2, 0.25) is 0 Å². The number of halogens is 1. The first kappa shape index (κ1) is 19.6. The molecular weight excluding hydrogens is 312 g/mol. The van der Waals surface area contributed by atoms with E-state index in [0.29, 0.717) is 13.2 Å². The third-order valence-corrected chi connectivity index (χ3v) is 3.79. The van der Waals surface area contributed by atoms with E-state index >= 15 is 0 Å². The quantitative estimate of drug-likeness (QED) is 0.744. The van der Waals surface area contributed by atoms with E-state index in [0.717, 1.165) is 50.8 Å². The zero-order valence-electron chi connectivity index (χ0n) is 14.1. The minimum atomic E-state index is 0. The summed E-state index contributed by atoms with van der Waals surface area (Å²) in [5.74, 6) is 7.83. The summed E-state index contributed by atoms with van der Waals surface area (Å²) in [6.07, 6.45) is 0. The average Bonchev–Trinajstić information content (AvgIpc) is 2.57. The number of benzene rings is 1. The second kappa shape index (κ2) is 11.2. The minimum Gasteiger partial charge on any atom is -0.490 e. The van der Waals surface area contributed by atoms with Gasteiger partial charge in [0.15, 0.2) is 11.5 Å². The smallest absolute Gasteiger partial charge is 0.162 e. The van der Waals surface area contributed by atoms with Crippen molar-refractivity contribution in [3.05, 3.63) is 24.3 Å². The maximum atomic E-state index is 5.69. The lowest BCUT2D eigenvalue weighted by Crippen LogP contribution is -2.46. The molecule has 0 radical (unpaired) electrons. The molecule has 0 spiro atoms. The van der Waals surface area contributed by atoms with Crippen LogP contribution in [-0.2, 0) is 0 Å². The van der Waals surface area contributed by atoms with Gasteiger partial charge >= 0.3 is 0 Å². The molecule has 1 heterocycles. The van der Waals surface area contributed by atoms with E-state index in [-0.39, 0.29) is 12.4 Å². The number of hydrogen-bond donors (Lipinski definition) is 0. The van der Waals surface area contributed by atoms with Crippen molar-refractivity contribution in [2.45, 2.75) is 13.8 Å². The van der Waals surface area contributed by atoms with Crippen LogP contribution in [0.2, 0.25) is 0 Å². The Kier molecular flexibility index (Phi) is 9.54. The Morgan fingerprint density at radius 1 is 0.913 bits per heavy atom. The molecule has 1 fully saturated rings. The summed E-state index contributed by atoms with van der Waals surface area (Å²) in [7, 11) is 0. The topological polar surface area (TPSA) is 24.9 Å². The van der Waals surface area contributed by atoms with Crippen LogP contribution >= 0.6 is 12.4 Å². The van der Waals surface area contributed by atoms with Gasteiger partial charge in [-0.3, -0.25) is 4.90 Å². The van der Waals surface area contributed by atoms with Gasteiger partial charge < -0.3 is 14.4 Å². The van der Waals surface area contributed by atoms with Gasteiger partial charge in [0.1, 0.15) is 6.61 Å². The molecule has 0 N–H and O–H groups in total. The van der Waals surface area contributed by atoms with E-state index in [4.69, 9.17) is 9.47 Å². The van der Waals surface area contributed by atoms with Crippen LogP contribution in [0.25, 0.3) is 0 Å². The Morgan fingerprint density at radius 2 is 1.52 bits per heavy atom. The number of ether oxygens (including phenoxy) is 2. The van der Waals surface area contributed by atoms with Crippen LogP contribution < -0.4 is 9.47 Å². The number of nitrogens with zero attached hydrogens (tertiary/aromatic N) is 2. The van der Waals surface area contributed by atoms with Crippen molar-refractivity contribution in [1.29, 1.82) is 0 Å². The standard InChI is InChI=1S/C18H26N2O2.ClH/c1-3-19-12-14-20(15-13-19)11-7-8-16-22-18-10-6-5-9-17(18)21-4-2;/h5-6,9-10H,3-4,11-16H2,1-2H3;1H. The molecule has 0 bridgehead atoms. The number of para-hydroxylation sites is 2. The predicted octanol–water partition coefficient (Wildman–Crippen LogP) is 2.53. The first-order valence-electron chi connectivity index (χ1n) is 8.08. The van der Waals surface area contributed by atoms with Crippen molar-refractivity contribution in [3.63, 3.8) is 0 Å². The molecule has 2 rings (SSSR count). The third-order valence-electron chi connectivity index (χ3n) is 3.79. The first-order valence-corrected chi connectivity index (χ1v) is 8.08. The molecule has 0 saturated carbocycles. The molecule has 1 aliphatic rings. The first-order chi connectivity index (χ1) is 10.8. The van der Waals surface area contributed by atoms with Gasteiger partial charge in [-0.25, -0.2) is 0 Å². The fraction of sp³-hybridized carbons (Fsp3) is 0.556. The number of rotatable bonds is 6. The summed E-state index contributed by atoms with van der Waals surface area (Å²) in [4.78, 5) is 4.87. The number of hydrogen-bond acceptors (Lipinski definition) is 4. The molecule has 0 atom stereocenters. The van der Waals surface area contributed by atoms with E-state index in [1.165, 1.54) is 0 Å². The molecule has 0 amide bonds. The summed E-state index contributed by atoms with van der Waals surface area (Å²) in [5, 5.41) is 0. The molecule has 5 heteroatoms. The summed E-state index contributed by atoms with van der Waals surface area (Å²) in [6.45, 7) is 11.7. The average molecular weight is 339 g/mol. The molecule has 1 aliphatic heterocycles. The summed E-state index contributed by atoms with van der Waals surface area (Å²) in [5.41, 5.74) is 0. The fourth-order valence-corrected chi connectivity index (χ4v) is 2.44. The van der Waals surface area contributed by atoms with Crippen molar-refractivity contribution >= 4 is 12.4 Å². The SMILES string of the molecule is CCOc1ccccc1OCC#CCN1CCN(CC)CC1.Cl. The van der Waals surface area contributed by atoms with Crippen molar-refractivity contribution in [1.82, 2.24) is 9.80 Å². The molecule has 4 nitrogen and oxygen atoms in total. The second-order valence-electron chi connectivity index (χ2n) is 5.23. The maximum absolute atomic E-state index is 5.69. The molecule has 23 heavy (non-hydrogen) atoms. The van der Waals surface area contributed by atoms with Crippen LogP contribution in [0.3, 0.4) is 0 Å². The van der Waals surface area contributed by atoms with Crippen molar-refractivity contribution in [2.24, 2.45) is 0 Å². The van der Waals surface area contributed by atoms with Gasteiger partial charge in [0.05, 0.1) is 13.2 Å². The third kappa shape index (κ3) is 6.70. The van der Waals surface area contributed by atoms with Crippen LogP contribution in [0.5, 0.6) is 11.5 Å². The zero-order valence-corrected chi connectivity index (χ0v) is 14.9. The van der Waals surface area contributed by atoms with Gasteiger partial charge in [-0.15, -0.1) is 12.4 Å². The molecule has 128 valence electrons. The van der Waals surface area contributed by atoms with Crippen LogP contribution in [0.15, 0.2) is 24.3 Å². The van der Waals surface area contributed by atoms with Crippen LogP contribution in [0.1, 0.15) is 13.8 Å².